The summed E-state index contributed by atoms with van der Waals surface area (Å²) in [6, 6.07) is 0. The number of hydrogen-bond donors (Lipinski definition) is 0. The van der Waals surface area contributed by atoms with Gasteiger partial charge in [0, 0.05) is 0 Å². The zero-order chi connectivity index (χ0) is 4.41. The van der Waals surface area contributed by atoms with Crippen LogP contribution < -0.4 is 0 Å². The fourth-order valence-corrected chi connectivity index (χ4v) is 3.91. The van der Waals surface area contributed by atoms with Gasteiger partial charge in [-0.15, -0.1) is 0 Å². The van der Waals surface area contributed by atoms with Gasteiger partial charge in [0.1, 0.15) is 0 Å². The van der Waals surface area contributed by atoms with E-state index >= 15 is 0 Å². The molecule has 1 saturated heterocycles. The zero-order valence-electron chi connectivity index (χ0n) is 4.07. The zero-order valence-corrected chi connectivity index (χ0v) is 5.96. The van der Waals surface area contributed by atoms with Crippen LogP contribution in [0.25, 0.3) is 0 Å². The van der Waals surface area contributed by atoms with E-state index in [1.54, 1.807) is 12.3 Å². The van der Waals surface area contributed by atoms with E-state index in [9.17, 15) is 0 Å². The van der Waals surface area contributed by atoms with Crippen molar-refractivity contribution >= 4 is 15.9 Å². The van der Waals surface area contributed by atoms with Gasteiger partial charge in [0.2, 0.25) is 0 Å². The molecule has 0 aliphatic carbocycles. The van der Waals surface area contributed by atoms with Crippen molar-refractivity contribution in [2.75, 3.05) is 18.5 Å². The first-order chi connectivity index (χ1) is 2.93. The van der Waals surface area contributed by atoms with E-state index in [4.69, 9.17) is 0 Å². The molecular weight excluding hydrogens is 110 g/mol. The maximum absolute atomic E-state index is 2.32. The summed E-state index contributed by atoms with van der Waals surface area (Å²) in [5, 5.41) is 0. The van der Waals surface area contributed by atoms with Gasteiger partial charge in [-0.25, -0.2) is 0 Å². The molecule has 36 valence electrons. The Morgan fingerprint density at radius 1 is 1.83 bits per heavy atom. The van der Waals surface area contributed by atoms with Crippen molar-refractivity contribution in [2.45, 2.75) is 6.92 Å². The molecule has 0 bridgehead atoms. The van der Waals surface area contributed by atoms with E-state index < -0.39 is 0 Å². The molecule has 0 aromatic heterocycles. The molecule has 0 radical (unpaired) electrons. The molecule has 1 heterocycles. The van der Waals surface area contributed by atoms with Crippen LogP contribution in [0.1, 0.15) is 6.92 Å². The molecule has 1 aliphatic rings. The van der Waals surface area contributed by atoms with Crippen molar-refractivity contribution in [3.8, 4) is 0 Å². The summed E-state index contributed by atoms with van der Waals surface area (Å²) < 4.78 is 0. The molecule has 0 aromatic rings. The Kier molecular flexibility index (Phi) is 1.87. The van der Waals surface area contributed by atoms with Gasteiger partial charge in [-0.2, -0.15) is 0 Å². The molecule has 0 aromatic carbocycles. The van der Waals surface area contributed by atoms with Crippen LogP contribution in [-0.4, -0.2) is 18.5 Å². The van der Waals surface area contributed by atoms with Gasteiger partial charge < -0.3 is 0 Å². The van der Waals surface area contributed by atoms with Crippen LogP contribution in [0.15, 0.2) is 0 Å². The summed E-state index contributed by atoms with van der Waals surface area (Å²) in [4.78, 5) is 0. The lowest BCUT2D eigenvalue weighted by molar-refractivity contribution is 1.42. The van der Waals surface area contributed by atoms with E-state index in [1.807, 2.05) is 0 Å². The molecule has 0 spiro atoms. The molecule has 0 N–H and O–H groups in total. The third-order valence-electron chi connectivity index (χ3n) is 1.10. The maximum Gasteiger partial charge on any atom is -0.0249 e. The van der Waals surface area contributed by atoms with Crippen LogP contribution in [-0.2, 0) is 0 Å². The van der Waals surface area contributed by atoms with Crippen LogP contribution in [0, 0.1) is 0 Å². The lowest BCUT2D eigenvalue weighted by Gasteiger charge is -2.23. The molecule has 0 nitrogen and oxygen atoms in total. The Labute approximate surface area is 42.1 Å². The Morgan fingerprint density at radius 2 is 2.50 bits per heavy atom. The Balaban J connectivity index is 2.01. The molecule has 1 fully saturated rings. The average molecular weight is 120 g/mol. The van der Waals surface area contributed by atoms with Crippen molar-refractivity contribution in [1.29, 1.82) is 0 Å². The summed E-state index contributed by atoms with van der Waals surface area (Å²) in [6.45, 7) is 2.32. The van der Waals surface area contributed by atoms with E-state index in [0.717, 1.165) is 0 Å². The van der Waals surface area contributed by atoms with E-state index in [1.165, 1.54) is 14.4 Å². The van der Waals surface area contributed by atoms with Crippen LogP contribution >= 0.6 is 15.9 Å². The van der Waals surface area contributed by atoms with Crippen molar-refractivity contribution in [3.63, 3.8) is 0 Å². The summed E-state index contributed by atoms with van der Waals surface area (Å²) in [6.07, 6.45) is 4.64. The van der Waals surface area contributed by atoms with Gasteiger partial charge in [-0.1, -0.05) is 22.8 Å². The molecule has 1 aliphatic heterocycles. The van der Waals surface area contributed by atoms with Crippen molar-refractivity contribution in [3.05, 3.63) is 0 Å². The predicted octanol–water partition coefficient (Wildman–Crippen LogP) is 2.10. The maximum atomic E-state index is 2.32. The highest BCUT2D eigenvalue weighted by atomic mass is 32.1. The van der Waals surface area contributed by atoms with Crippen LogP contribution in [0.4, 0.5) is 0 Å². The molecule has 2 atom stereocenters. The minimum atomic E-state index is 0.632. The summed E-state index contributed by atoms with van der Waals surface area (Å²) >= 11 is 0. The van der Waals surface area contributed by atoms with Crippen molar-refractivity contribution in [2.24, 2.45) is 0 Å². The van der Waals surface area contributed by atoms with E-state index in [-0.39, 0.29) is 0 Å². The lowest BCUT2D eigenvalue weighted by atomic mass is 10.9. The second-order valence-electron chi connectivity index (χ2n) is 1.49. The van der Waals surface area contributed by atoms with Crippen LogP contribution in [0.2, 0.25) is 0 Å². The van der Waals surface area contributed by atoms with Gasteiger partial charge in [0.15, 0.2) is 0 Å². The highest BCUT2D eigenvalue weighted by Crippen LogP contribution is 2.63. The van der Waals surface area contributed by atoms with Crippen LogP contribution in [0.5, 0.6) is 0 Å². The molecule has 6 heavy (non-hydrogen) atoms. The fourth-order valence-electron chi connectivity index (χ4n) is 0.540. The SMILES string of the molecule is CCP1CCP1. The lowest BCUT2D eigenvalue weighted by Crippen LogP contribution is -1.94. The third kappa shape index (κ3) is 0.922. The van der Waals surface area contributed by atoms with Gasteiger partial charge >= 0.3 is 0 Å². The van der Waals surface area contributed by atoms with E-state index in [2.05, 4.69) is 6.92 Å². The topological polar surface area (TPSA) is 0 Å². The highest BCUT2D eigenvalue weighted by molar-refractivity contribution is 8.24. The first-order valence-electron chi connectivity index (χ1n) is 2.42. The third-order valence-corrected chi connectivity index (χ3v) is 7.60. The quantitative estimate of drug-likeness (QED) is 0.465. The van der Waals surface area contributed by atoms with Crippen LogP contribution in [0.3, 0.4) is 0 Å². The highest BCUT2D eigenvalue weighted by Gasteiger charge is 2.12. The molecule has 0 saturated carbocycles. The van der Waals surface area contributed by atoms with E-state index in [0.29, 0.717) is 7.61 Å². The summed E-state index contributed by atoms with van der Waals surface area (Å²) in [5.41, 5.74) is 0. The molecule has 1 rings (SSSR count). The monoisotopic (exact) mass is 120 g/mol. The smallest absolute Gasteiger partial charge is 0.0249 e. The first-order valence-corrected chi connectivity index (χ1v) is 6.18. The number of rotatable bonds is 1. The van der Waals surface area contributed by atoms with Gasteiger partial charge in [0.05, 0.1) is 0 Å². The Morgan fingerprint density at radius 3 is 2.50 bits per heavy atom. The fraction of sp³-hybridized carbons (Fsp3) is 1.00. The molecule has 2 heteroatoms. The van der Waals surface area contributed by atoms with Crippen molar-refractivity contribution in [1.82, 2.24) is 0 Å². The van der Waals surface area contributed by atoms with Gasteiger partial charge in [0.25, 0.3) is 0 Å². The summed E-state index contributed by atoms with van der Waals surface area (Å²) in [7, 11) is 2.01. The average Bonchev–Trinajstić information content (AvgIpc) is 1.31. The Hall–Kier alpha value is 0.860. The molecular formula is C4H10P2. The number of hydrogen-bond acceptors (Lipinski definition) is 0. The minimum Gasteiger partial charge on any atom is -0.0957 e. The first kappa shape index (κ1) is 5.01. The Bertz CT molecular complexity index is 38.1. The van der Waals surface area contributed by atoms with Gasteiger partial charge in [-0.05, 0) is 18.5 Å². The predicted molar refractivity (Wildman–Crippen MR) is 35.5 cm³/mol. The normalized spacial score (nSPS) is 36.5. The summed E-state index contributed by atoms with van der Waals surface area (Å²) in [5.74, 6) is 0. The second kappa shape index (κ2) is 2.24. The second-order valence-corrected chi connectivity index (χ2v) is 7.31. The van der Waals surface area contributed by atoms with Gasteiger partial charge in [-0.3, -0.25) is 0 Å². The molecule has 2 unspecified atom stereocenters. The minimum absolute atomic E-state index is 0.632. The largest absolute Gasteiger partial charge is 0.0957 e. The molecule has 0 amide bonds. The standard InChI is InChI=1S/C4H10P2/c1-2-6-4-3-5-6/h5H,2-4H2,1H3. The van der Waals surface area contributed by atoms with Crippen molar-refractivity contribution < 1.29 is 0 Å².